The second-order valence-corrected chi connectivity index (χ2v) is 4.42. The van der Waals surface area contributed by atoms with Crippen molar-refractivity contribution in [3.05, 3.63) is 54.4 Å². The molecule has 0 saturated heterocycles. The number of rotatable bonds is 2. The van der Waals surface area contributed by atoms with E-state index in [2.05, 4.69) is 47.7 Å². The number of fused-ring (bicyclic) bond motifs is 1. The molecule has 0 amide bonds. The summed E-state index contributed by atoms with van der Waals surface area (Å²) < 4.78 is 2.04. The van der Waals surface area contributed by atoms with Crippen molar-refractivity contribution < 1.29 is 0 Å². The minimum atomic E-state index is 0.956. The quantitative estimate of drug-likeness (QED) is 0.740. The van der Waals surface area contributed by atoms with Crippen molar-refractivity contribution in [2.75, 3.05) is 12.4 Å². The number of aryl methyl sites for hydroxylation is 1. The van der Waals surface area contributed by atoms with Crippen LogP contribution in [0.1, 0.15) is 5.56 Å². The molecule has 0 atom stereocenters. The van der Waals surface area contributed by atoms with Crippen LogP contribution in [0.3, 0.4) is 0 Å². The topological polar surface area (TPSA) is 29.3 Å². The molecular formula is C15H15N3. The van der Waals surface area contributed by atoms with Gasteiger partial charge in [-0.05, 0) is 13.0 Å². The minimum Gasteiger partial charge on any atom is -0.388 e. The molecule has 3 aromatic rings. The summed E-state index contributed by atoms with van der Waals surface area (Å²) in [5, 5.41) is 3.12. The van der Waals surface area contributed by atoms with E-state index < -0.39 is 0 Å². The lowest BCUT2D eigenvalue weighted by atomic mass is 10.1. The Balaban J connectivity index is 2.10. The van der Waals surface area contributed by atoms with Crippen LogP contribution in [0.2, 0.25) is 0 Å². The van der Waals surface area contributed by atoms with Crippen LogP contribution in [-0.2, 0) is 0 Å². The van der Waals surface area contributed by atoms with E-state index in [1.165, 1.54) is 5.56 Å². The molecule has 3 rings (SSSR count). The normalized spacial score (nSPS) is 10.8. The zero-order chi connectivity index (χ0) is 12.5. The molecule has 0 spiro atoms. The summed E-state index contributed by atoms with van der Waals surface area (Å²) in [5.74, 6) is 0. The average Bonchev–Trinajstić information content (AvgIpc) is 2.82. The van der Waals surface area contributed by atoms with Gasteiger partial charge in [-0.15, -0.1) is 0 Å². The van der Waals surface area contributed by atoms with Crippen molar-refractivity contribution in [2.45, 2.75) is 6.92 Å². The average molecular weight is 237 g/mol. The Labute approximate surface area is 106 Å². The zero-order valence-corrected chi connectivity index (χ0v) is 10.5. The maximum absolute atomic E-state index is 4.64. The minimum absolute atomic E-state index is 0.956. The Morgan fingerprint density at radius 3 is 2.61 bits per heavy atom. The molecule has 2 heterocycles. The van der Waals surface area contributed by atoms with Crippen molar-refractivity contribution in [3.63, 3.8) is 0 Å². The van der Waals surface area contributed by atoms with Gasteiger partial charge in [-0.1, -0.05) is 29.8 Å². The summed E-state index contributed by atoms with van der Waals surface area (Å²) in [6.45, 7) is 2.09. The molecule has 0 fully saturated rings. The number of nitrogens with zero attached hydrogens (tertiary/aromatic N) is 2. The van der Waals surface area contributed by atoms with Crippen molar-refractivity contribution in [3.8, 4) is 11.3 Å². The molecule has 18 heavy (non-hydrogen) atoms. The fraction of sp³-hybridized carbons (Fsp3) is 0.133. The number of imidazole rings is 1. The van der Waals surface area contributed by atoms with E-state index in [-0.39, 0.29) is 0 Å². The summed E-state index contributed by atoms with van der Waals surface area (Å²) >= 11 is 0. The van der Waals surface area contributed by atoms with Crippen LogP contribution in [-0.4, -0.2) is 16.4 Å². The van der Waals surface area contributed by atoms with Crippen molar-refractivity contribution >= 4 is 11.3 Å². The first-order valence-corrected chi connectivity index (χ1v) is 6.00. The highest BCUT2D eigenvalue weighted by atomic mass is 15.0. The van der Waals surface area contributed by atoms with E-state index in [9.17, 15) is 0 Å². The van der Waals surface area contributed by atoms with Crippen LogP contribution in [0.15, 0.2) is 48.8 Å². The SMILES string of the molecule is CNc1ccn2cc(-c3ccc(C)cc3)nc2c1. The van der Waals surface area contributed by atoms with Crippen LogP contribution in [0, 0.1) is 6.92 Å². The van der Waals surface area contributed by atoms with E-state index in [1.807, 2.05) is 29.8 Å². The van der Waals surface area contributed by atoms with Gasteiger partial charge in [0.05, 0.1) is 5.69 Å². The summed E-state index contributed by atoms with van der Waals surface area (Å²) in [4.78, 5) is 4.64. The second kappa shape index (κ2) is 4.18. The lowest BCUT2D eigenvalue weighted by Gasteiger charge is -1.98. The van der Waals surface area contributed by atoms with Gasteiger partial charge in [0.15, 0.2) is 0 Å². The van der Waals surface area contributed by atoms with Crippen LogP contribution in [0.5, 0.6) is 0 Å². The van der Waals surface area contributed by atoms with E-state index in [4.69, 9.17) is 0 Å². The molecule has 0 aliphatic carbocycles. The number of hydrogen-bond acceptors (Lipinski definition) is 2. The number of hydrogen-bond donors (Lipinski definition) is 1. The molecular weight excluding hydrogens is 222 g/mol. The molecule has 90 valence electrons. The summed E-state index contributed by atoms with van der Waals surface area (Å²) in [5.41, 5.74) is 5.44. The first kappa shape index (κ1) is 10.8. The van der Waals surface area contributed by atoms with Crippen LogP contribution >= 0.6 is 0 Å². The predicted molar refractivity (Wildman–Crippen MR) is 74.9 cm³/mol. The number of anilines is 1. The molecule has 0 radical (unpaired) electrons. The maximum Gasteiger partial charge on any atom is 0.139 e. The number of benzene rings is 1. The lowest BCUT2D eigenvalue weighted by Crippen LogP contribution is -1.89. The molecule has 1 N–H and O–H groups in total. The first-order chi connectivity index (χ1) is 8.76. The molecule has 1 aromatic carbocycles. The monoisotopic (exact) mass is 237 g/mol. The molecule has 3 nitrogen and oxygen atoms in total. The van der Waals surface area contributed by atoms with Crippen molar-refractivity contribution in [1.29, 1.82) is 0 Å². The zero-order valence-electron chi connectivity index (χ0n) is 10.5. The fourth-order valence-corrected chi connectivity index (χ4v) is 2.00. The molecule has 0 aliphatic rings. The highest BCUT2D eigenvalue weighted by Crippen LogP contribution is 2.20. The standard InChI is InChI=1S/C15H15N3/c1-11-3-5-12(6-4-11)14-10-18-8-7-13(16-2)9-15(18)17-14/h3-10,16H,1-2H3. The number of pyridine rings is 1. The van der Waals surface area contributed by atoms with E-state index in [1.54, 1.807) is 0 Å². The maximum atomic E-state index is 4.64. The summed E-state index contributed by atoms with van der Waals surface area (Å²) in [6, 6.07) is 12.5. The van der Waals surface area contributed by atoms with E-state index in [0.717, 1.165) is 22.6 Å². The van der Waals surface area contributed by atoms with Crippen LogP contribution in [0.4, 0.5) is 5.69 Å². The molecule has 2 aromatic heterocycles. The van der Waals surface area contributed by atoms with Crippen LogP contribution < -0.4 is 5.32 Å². The molecule has 0 bridgehead atoms. The number of nitrogens with one attached hydrogen (secondary N) is 1. The van der Waals surface area contributed by atoms with Crippen LogP contribution in [0.25, 0.3) is 16.9 Å². The Morgan fingerprint density at radius 2 is 1.89 bits per heavy atom. The Morgan fingerprint density at radius 1 is 1.11 bits per heavy atom. The Bertz CT molecular complexity index is 681. The molecule has 3 heteroatoms. The summed E-state index contributed by atoms with van der Waals surface area (Å²) in [6.07, 6.45) is 4.07. The van der Waals surface area contributed by atoms with Crippen molar-refractivity contribution in [2.24, 2.45) is 0 Å². The summed E-state index contributed by atoms with van der Waals surface area (Å²) in [7, 11) is 1.91. The molecule has 0 unspecified atom stereocenters. The largest absolute Gasteiger partial charge is 0.388 e. The van der Waals surface area contributed by atoms with Gasteiger partial charge in [0.1, 0.15) is 5.65 Å². The highest BCUT2D eigenvalue weighted by molar-refractivity contribution is 5.65. The third-order valence-electron chi connectivity index (χ3n) is 3.10. The Kier molecular flexibility index (Phi) is 2.52. The van der Waals surface area contributed by atoms with Gasteiger partial charge in [-0.25, -0.2) is 4.98 Å². The second-order valence-electron chi connectivity index (χ2n) is 4.42. The third-order valence-corrected chi connectivity index (χ3v) is 3.10. The van der Waals surface area contributed by atoms with E-state index in [0.29, 0.717) is 0 Å². The van der Waals surface area contributed by atoms with Crippen molar-refractivity contribution in [1.82, 2.24) is 9.38 Å². The molecule has 0 saturated carbocycles. The third kappa shape index (κ3) is 1.84. The molecule has 0 aliphatic heterocycles. The van der Waals surface area contributed by atoms with Gasteiger partial charge in [-0.2, -0.15) is 0 Å². The smallest absolute Gasteiger partial charge is 0.139 e. The van der Waals surface area contributed by atoms with Gasteiger partial charge in [-0.3, -0.25) is 0 Å². The first-order valence-electron chi connectivity index (χ1n) is 6.00. The van der Waals surface area contributed by atoms with E-state index >= 15 is 0 Å². The fourth-order valence-electron chi connectivity index (χ4n) is 2.00. The lowest BCUT2D eigenvalue weighted by molar-refractivity contribution is 1.18. The number of aromatic nitrogens is 2. The van der Waals surface area contributed by atoms with Gasteiger partial charge in [0, 0.05) is 36.8 Å². The highest BCUT2D eigenvalue weighted by Gasteiger charge is 2.04. The predicted octanol–water partition coefficient (Wildman–Crippen LogP) is 3.35. The Hall–Kier alpha value is -2.29. The van der Waals surface area contributed by atoms with Gasteiger partial charge in [0.2, 0.25) is 0 Å². The van der Waals surface area contributed by atoms with Gasteiger partial charge >= 0.3 is 0 Å². The van der Waals surface area contributed by atoms with Gasteiger partial charge in [0.25, 0.3) is 0 Å². The van der Waals surface area contributed by atoms with Gasteiger partial charge < -0.3 is 9.72 Å².